The summed E-state index contributed by atoms with van der Waals surface area (Å²) < 4.78 is 43.6. The quantitative estimate of drug-likeness (QED) is 0.125. The van der Waals surface area contributed by atoms with E-state index in [1.807, 2.05) is 6.92 Å². The average Bonchev–Trinajstić information content (AvgIpc) is 3.54. The van der Waals surface area contributed by atoms with Gasteiger partial charge in [0.15, 0.2) is 0 Å². The minimum atomic E-state index is -4.53. The second-order valence-electron chi connectivity index (χ2n) is 9.42. The van der Waals surface area contributed by atoms with E-state index in [-0.39, 0.29) is 11.6 Å². The number of hydrogen-bond acceptors (Lipinski definition) is 5. The molecule has 3 aromatic carbocycles. The maximum Gasteiger partial charge on any atom is 0.416 e. The van der Waals surface area contributed by atoms with Gasteiger partial charge in [-0.2, -0.15) is 13.2 Å². The maximum absolute atomic E-state index is 13.0. The van der Waals surface area contributed by atoms with Crippen molar-refractivity contribution in [1.82, 2.24) is 4.98 Å². The van der Waals surface area contributed by atoms with Crippen molar-refractivity contribution >= 4 is 58.0 Å². The highest BCUT2D eigenvalue weighted by Crippen LogP contribution is 2.36. The van der Waals surface area contributed by atoms with E-state index < -0.39 is 23.7 Å². The normalized spacial score (nSPS) is 13.4. The number of nitrogens with one attached hydrogen (secondary N) is 5. The number of ether oxygens (including phenoxy) is 1. The van der Waals surface area contributed by atoms with E-state index in [1.165, 1.54) is 25.4 Å². The molecule has 9 nitrogen and oxygen atoms in total. The third-order valence-electron chi connectivity index (χ3n) is 6.45. The minimum absolute atomic E-state index is 0.00145. The number of halogens is 3. The molecule has 214 valence electrons. The van der Waals surface area contributed by atoms with E-state index in [2.05, 4.69) is 26.3 Å². The van der Waals surface area contributed by atoms with Crippen LogP contribution in [0, 0.1) is 6.92 Å². The first-order valence-electron chi connectivity index (χ1n) is 12.6. The highest BCUT2D eigenvalue weighted by Gasteiger charge is 2.30. The highest BCUT2D eigenvalue weighted by atomic mass is 19.4. The summed E-state index contributed by atoms with van der Waals surface area (Å²) in [5, 5.41) is 11.1. The third kappa shape index (κ3) is 6.12. The molecule has 0 saturated carbocycles. The lowest BCUT2D eigenvalue weighted by Crippen LogP contribution is -2.20. The summed E-state index contributed by atoms with van der Waals surface area (Å²) in [5.74, 6) is -0.792. The monoisotopic (exact) mass is 575 g/mol. The van der Waals surface area contributed by atoms with E-state index in [4.69, 9.17) is 4.74 Å². The molecule has 0 saturated heterocycles. The predicted molar refractivity (Wildman–Crippen MR) is 154 cm³/mol. The molecule has 4 aromatic rings. The van der Waals surface area contributed by atoms with Crippen LogP contribution in [-0.4, -0.2) is 30.0 Å². The fraction of sp³-hybridized carbons (Fsp3) is 0.100. The van der Waals surface area contributed by atoms with Crippen LogP contribution in [0.25, 0.3) is 11.6 Å². The zero-order chi connectivity index (χ0) is 30.0. The summed E-state index contributed by atoms with van der Waals surface area (Å²) in [4.78, 5) is 39.8. The van der Waals surface area contributed by atoms with Crippen molar-refractivity contribution in [2.45, 2.75) is 13.1 Å². The summed E-state index contributed by atoms with van der Waals surface area (Å²) in [7, 11) is 1.29. The van der Waals surface area contributed by atoms with Gasteiger partial charge >= 0.3 is 18.2 Å². The van der Waals surface area contributed by atoms with Gasteiger partial charge in [0.25, 0.3) is 5.91 Å². The van der Waals surface area contributed by atoms with Crippen molar-refractivity contribution in [3.8, 4) is 0 Å². The molecule has 0 unspecified atom stereocenters. The molecular formula is C30H24F3N5O4. The smallest absolute Gasteiger partial charge is 0.416 e. The molecule has 42 heavy (non-hydrogen) atoms. The van der Waals surface area contributed by atoms with E-state index >= 15 is 0 Å². The van der Waals surface area contributed by atoms with Crippen LogP contribution < -0.4 is 21.3 Å². The number of aryl methyl sites for hydroxylation is 1. The Morgan fingerprint density at radius 2 is 1.67 bits per heavy atom. The van der Waals surface area contributed by atoms with Gasteiger partial charge < -0.3 is 31.0 Å². The predicted octanol–water partition coefficient (Wildman–Crippen LogP) is 7.01. The molecule has 5 N–H and O–H groups in total. The van der Waals surface area contributed by atoms with Crippen LogP contribution in [0.1, 0.15) is 32.7 Å². The number of H-pyrrole nitrogens is 1. The Morgan fingerprint density at radius 1 is 0.929 bits per heavy atom. The van der Waals surface area contributed by atoms with Gasteiger partial charge in [-0.3, -0.25) is 4.79 Å². The van der Waals surface area contributed by atoms with Gasteiger partial charge in [0.1, 0.15) is 0 Å². The van der Waals surface area contributed by atoms with Gasteiger partial charge in [-0.1, -0.05) is 18.2 Å². The second-order valence-corrected chi connectivity index (χ2v) is 9.42. The number of hydrogen-bond donors (Lipinski definition) is 5. The number of anilines is 5. The molecule has 12 heteroatoms. The lowest BCUT2D eigenvalue weighted by atomic mass is 10.1. The number of esters is 1. The van der Waals surface area contributed by atoms with E-state index in [0.717, 1.165) is 17.7 Å². The summed E-state index contributed by atoms with van der Waals surface area (Å²) in [6.07, 6.45) is -1.38. The first-order chi connectivity index (χ1) is 20.0. The number of alkyl halides is 3. The van der Waals surface area contributed by atoms with Gasteiger partial charge in [0, 0.05) is 40.2 Å². The third-order valence-corrected chi connectivity index (χ3v) is 6.45. The van der Waals surface area contributed by atoms with Gasteiger partial charge in [-0.15, -0.1) is 0 Å². The highest BCUT2D eigenvalue weighted by molar-refractivity contribution is 6.35. The standard InChI is InChI=1S/C30H24F3N5O4/c1-16-6-7-21(37-29(41)36-19-5-3-4-18(11-19)30(31,32)33)13-25(16)35-20-8-9-23-24(27(39)38-26(23)14-20)12-22-10-17(15-34-22)28(40)42-2/h3-15,34-35H,1-2H3,(H,38,39)(H2,36,37,41)/b24-12-. The first kappa shape index (κ1) is 28.0. The fourth-order valence-electron chi connectivity index (χ4n) is 4.36. The van der Waals surface area contributed by atoms with E-state index in [1.54, 1.807) is 48.5 Å². The fourth-order valence-corrected chi connectivity index (χ4v) is 4.36. The number of amides is 3. The topological polar surface area (TPSA) is 124 Å². The Morgan fingerprint density at radius 3 is 2.40 bits per heavy atom. The molecule has 1 aliphatic heterocycles. The van der Waals surface area contributed by atoms with Gasteiger partial charge in [0.2, 0.25) is 0 Å². The molecule has 2 heterocycles. The Labute approximate surface area is 237 Å². The lowest BCUT2D eigenvalue weighted by molar-refractivity contribution is -0.137. The molecule has 0 bridgehead atoms. The molecule has 3 amide bonds. The molecule has 5 rings (SSSR count). The molecule has 0 spiro atoms. The van der Waals surface area contributed by atoms with E-state index in [9.17, 15) is 27.6 Å². The van der Waals surface area contributed by atoms with Gasteiger partial charge in [-0.05, 0) is 67.1 Å². The van der Waals surface area contributed by atoms with Crippen molar-refractivity contribution in [2.75, 3.05) is 28.4 Å². The molecule has 1 aromatic heterocycles. The largest absolute Gasteiger partial charge is 0.465 e. The van der Waals surface area contributed by atoms with Crippen molar-refractivity contribution in [1.29, 1.82) is 0 Å². The van der Waals surface area contributed by atoms with Gasteiger partial charge in [0.05, 0.1) is 29.5 Å². The van der Waals surface area contributed by atoms with Crippen LogP contribution in [0.15, 0.2) is 72.9 Å². The zero-order valence-corrected chi connectivity index (χ0v) is 22.3. The number of carbonyl (C=O) groups excluding carboxylic acids is 3. The lowest BCUT2D eigenvalue weighted by Gasteiger charge is -2.14. The summed E-state index contributed by atoms with van der Waals surface area (Å²) in [6.45, 7) is 1.86. The number of aromatic amines is 1. The Kier molecular flexibility index (Phi) is 7.45. The number of carbonyl (C=O) groups is 3. The number of methoxy groups -OCH3 is 1. The molecule has 0 atom stereocenters. The number of rotatable bonds is 6. The molecule has 0 fully saturated rings. The second kappa shape index (κ2) is 11.2. The number of aromatic nitrogens is 1. The minimum Gasteiger partial charge on any atom is -0.465 e. The van der Waals surface area contributed by atoms with Crippen LogP contribution >= 0.6 is 0 Å². The summed E-state index contributed by atoms with van der Waals surface area (Å²) >= 11 is 0. The molecule has 1 aliphatic rings. The van der Waals surface area contributed by atoms with Crippen molar-refractivity contribution in [3.63, 3.8) is 0 Å². The SMILES string of the molecule is COC(=O)c1c[nH]c(/C=C2\C(=O)Nc3cc(Nc4cc(NC(=O)Nc5cccc(C(F)(F)F)c5)ccc4C)ccc32)c1. The summed E-state index contributed by atoms with van der Waals surface area (Å²) in [6, 6.07) is 15.7. The molecule has 0 radical (unpaired) electrons. The number of fused-ring (bicyclic) bond motifs is 1. The zero-order valence-electron chi connectivity index (χ0n) is 22.3. The van der Waals surface area contributed by atoms with Crippen molar-refractivity contribution in [2.24, 2.45) is 0 Å². The molecular weight excluding hydrogens is 551 g/mol. The van der Waals surface area contributed by atoms with Crippen LogP contribution in [0.2, 0.25) is 0 Å². The molecule has 0 aliphatic carbocycles. The Bertz CT molecular complexity index is 1740. The van der Waals surface area contributed by atoms with Crippen molar-refractivity contribution in [3.05, 3.63) is 101 Å². The van der Waals surface area contributed by atoms with Crippen molar-refractivity contribution < 1.29 is 32.3 Å². The Hall–Kier alpha value is -5.52. The number of urea groups is 1. The average molecular weight is 576 g/mol. The van der Waals surface area contributed by atoms with Crippen LogP contribution in [0.4, 0.5) is 46.4 Å². The first-order valence-corrected chi connectivity index (χ1v) is 12.6. The summed E-state index contributed by atoms with van der Waals surface area (Å²) in [5.41, 5.74) is 4.31. The maximum atomic E-state index is 13.0. The van der Waals surface area contributed by atoms with Crippen LogP contribution in [0.3, 0.4) is 0 Å². The Balaban J connectivity index is 1.29. The van der Waals surface area contributed by atoms with Crippen LogP contribution in [0.5, 0.6) is 0 Å². The van der Waals surface area contributed by atoms with Crippen LogP contribution in [-0.2, 0) is 15.7 Å². The number of benzene rings is 3. The van der Waals surface area contributed by atoms with E-state index in [0.29, 0.717) is 45.1 Å². The van der Waals surface area contributed by atoms with Gasteiger partial charge in [-0.25, -0.2) is 9.59 Å².